The van der Waals surface area contributed by atoms with Crippen molar-refractivity contribution in [1.82, 2.24) is 24.4 Å². The number of nitrogens with zero attached hydrogens (tertiary/aromatic N) is 4. The van der Waals surface area contributed by atoms with Crippen LogP contribution in [0.1, 0.15) is 18.5 Å². The van der Waals surface area contributed by atoms with Crippen LogP contribution in [0.25, 0.3) is 6.08 Å². The zero-order chi connectivity index (χ0) is 17.9. The van der Waals surface area contributed by atoms with Gasteiger partial charge in [-0.2, -0.15) is 0 Å². The fraction of sp³-hybridized carbons (Fsp3) is 0.529. The molecule has 0 bridgehead atoms. The Morgan fingerprint density at radius 1 is 1.32 bits per heavy atom. The highest BCUT2D eigenvalue weighted by molar-refractivity contribution is 5.60. The second-order valence-electron chi connectivity index (χ2n) is 5.68. The van der Waals surface area contributed by atoms with Gasteiger partial charge in [0.15, 0.2) is 0 Å². The van der Waals surface area contributed by atoms with Crippen LogP contribution in [0.5, 0.6) is 0 Å². The first-order valence-corrected chi connectivity index (χ1v) is 8.51. The summed E-state index contributed by atoms with van der Waals surface area (Å²) in [6.07, 6.45) is 11.9. The highest BCUT2D eigenvalue weighted by Crippen LogP contribution is 2.16. The van der Waals surface area contributed by atoms with Crippen LogP contribution < -0.4 is 10.6 Å². The Morgan fingerprint density at radius 2 is 2.20 bits per heavy atom. The smallest absolute Gasteiger partial charge is 0.133 e. The number of anilines is 1. The van der Waals surface area contributed by atoms with Crippen molar-refractivity contribution in [2.24, 2.45) is 0 Å². The lowest BCUT2D eigenvalue weighted by molar-refractivity contribution is 0.184. The van der Waals surface area contributed by atoms with Crippen molar-refractivity contribution in [1.29, 1.82) is 0 Å². The number of aliphatic hydroxyl groups is 1. The van der Waals surface area contributed by atoms with Crippen molar-refractivity contribution in [2.45, 2.75) is 32.2 Å². The highest BCUT2D eigenvalue weighted by Gasteiger charge is 2.07. The summed E-state index contributed by atoms with van der Waals surface area (Å²) in [7, 11) is 3.57. The topological polar surface area (TPSA) is 89.2 Å². The number of ether oxygens (including phenoxy) is 1. The Bertz CT molecular complexity index is 623. The molecule has 138 valence electrons. The van der Waals surface area contributed by atoms with Gasteiger partial charge in [0.2, 0.25) is 0 Å². The Hall–Kier alpha value is -2.16. The summed E-state index contributed by atoms with van der Waals surface area (Å²) < 4.78 is 9.14. The molecule has 25 heavy (non-hydrogen) atoms. The SMILES string of the molecule is CNc1c(C=CC(O)NCCCn2ccnc2)ncn1CCCOC. The van der Waals surface area contributed by atoms with Gasteiger partial charge in [0.25, 0.3) is 0 Å². The van der Waals surface area contributed by atoms with Gasteiger partial charge in [-0.05, 0) is 31.5 Å². The van der Waals surface area contributed by atoms with Crippen LogP contribution >= 0.6 is 0 Å². The molecule has 0 saturated carbocycles. The molecule has 0 amide bonds. The predicted molar refractivity (Wildman–Crippen MR) is 98.2 cm³/mol. The summed E-state index contributed by atoms with van der Waals surface area (Å²) in [4.78, 5) is 8.39. The molecule has 0 saturated heterocycles. The minimum absolute atomic E-state index is 0.703. The van der Waals surface area contributed by atoms with E-state index in [1.54, 1.807) is 32.0 Å². The zero-order valence-electron chi connectivity index (χ0n) is 14.9. The van der Waals surface area contributed by atoms with Gasteiger partial charge < -0.3 is 24.3 Å². The molecule has 0 radical (unpaired) electrons. The van der Waals surface area contributed by atoms with E-state index in [0.717, 1.165) is 37.4 Å². The van der Waals surface area contributed by atoms with Crippen molar-refractivity contribution in [3.63, 3.8) is 0 Å². The van der Waals surface area contributed by atoms with Gasteiger partial charge in [-0.1, -0.05) is 0 Å². The molecule has 1 atom stereocenters. The Kier molecular flexibility index (Phi) is 8.17. The number of aryl methyl sites for hydroxylation is 2. The van der Waals surface area contributed by atoms with Crippen LogP contribution in [-0.4, -0.2) is 57.7 Å². The van der Waals surface area contributed by atoms with E-state index in [-0.39, 0.29) is 0 Å². The lowest BCUT2D eigenvalue weighted by Gasteiger charge is -2.09. The minimum atomic E-state index is -0.703. The summed E-state index contributed by atoms with van der Waals surface area (Å²) >= 11 is 0. The Morgan fingerprint density at radius 3 is 2.92 bits per heavy atom. The number of rotatable bonds is 12. The molecule has 0 spiro atoms. The normalized spacial score (nSPS) is 12.8. The lowest BCUT2D eigenvalue weighted by Crippen LogP contribution is -2.28. The molecule has 0 aliphatic heterocycles. The van der Waals surface area contributed by atoms with Crippen molar-refractivity contribution in [2.75, 3.05) is 32.6 Å². The molecule has 0 aliphatic rings. The number of imidazole rings is 2. The predicted octanol–water partition coefficient (Wildman–Crippen LogP) is 1.17. The third-order valence-electron chi connectivity index (χ3n) is 3.79. The third-order valence-corrected chi connectivity index (χ3v) is 3.79. The molecule has 0 fully saturated rings. The van der Waals surface area contributed by atoms with E-state index in [0.29, 0.717) is 13.2 Å². The van der Waals surface area contributed by atoms with Gasteiger partial charge in [0, 0.05) is 46.2 Å². The molecular weight excluding hydrogens is 320 g/mol. The number of hydrogen-bond acceptors (Lipinski definition) is 6. The largest absolute Gasteiger partial charge is 0.385 e. The first kappa shape index (κ1) is 19.2. The summed E-state index contributed by atoms with van der Waals surface area (Å²) in [5, 5.41) is 16.2. The number of methoxy groups -OCH3 is 1. The van der Waals surface area contributed by atoms with Crippen molar-refractivity contribution < 1.29 is 9.84 Å². The molecule has 0 aromatic carbocycles. The lowest BCUT2D eigenvalue weighted by atomic mass is 10.3. The number of aliphatic hydroxyl groups excluding tert-OH is 1. The van der Waals surface area contributed by atoms with Gasteiger partial charge in [0.05, 0.1) is 12.7 Å². The van der Waals surface area contributed by atoms with Crippen LogP contribution in [-0.2, 0) is 17.8 Å². The average Bonchev–Trinajstić information content (AvgIpc) is 3.26. The second kappa shape index (κ2) is 10.7. The third kappa shape index (κ3) is 6.33. The van der Waals surface area contributed by atoms with E-state index >= 15 is 0 Å². The zero-order valence-corrected chi connectivity index (χ0v) is 14.9. The Balaban J connectivity index is 1.77. The fourth-order valence-corrected chi connectivity index (χ4v) is 2.52. The van der Waals surface area contributed by atoms with Gasteiger partial charge in [-0.25, -0.2) is 9.97 Å². The summed E-state index contributed by atoms with van der Waals surface area (Å²) in [5.74, 6) is 0.930. The van der Waals surface area contributed by atoms with Crippen molar-refractivity contribution in [3.8, 4) is 0 Å². The molecule has 3 N–H and O–H groups in total. The summed E-state index contributed by atoms with van der Waals surface area (Å²) in [6, 6.07) is 0. The van der Waals surface area contributed by atoms with E-state index in [9.17, 15) is 5.11 Å². The van der Waals surface area contributed by atoms with E-state index in [1.165, 1.54) is 0 Å². The molecule has 8 heteroatoms. The van der Waals surface area contributed by atoms with Crippen LogP contribution in [0.3, 0.4) is 0 Å². The molecular formula is C17H28N6O2. The molecule has 2 rings (SSSR count). The van der Waals surface area contributed by atoms with Gasteiger partial charge in [-0.3, -0.25) is 5.32 Å². The van der Waals surface area contributed by atoms with Crippen LogP contribution in [0.15, 0.2) is 31.1 Å². The van der Waals surface area contributed by atoms with Gasteiger partial charge in [0.1, 0.15) is 17.7 Å². The van der Waals surface area contributed by atoms with E-state index < -0.39 is 6.23 Å². The average molecular weight is 348 g/mol. The highest BCUT2D eigenvalue weighted by atomic mass is 16.5. The maximum absolute atomic E-state index is 10.0. The van der Waals surface area contributed by atoms with Crippen molar-refractivity contribution in [3.05, 3.63) is 36.8 Å². The maximum Gasteiger partial charge on any atom is 0.133 e. The minimum Gasteiger partial charge on any atom is -0.385 e. The molecule has 2 heterocycles. The first-order valence-electron chi connectivity index (χ1n) is 8.51. The standard InChI is InChI=1S/C17H28N6O2/c1-18-17-15(21-14-23(17)10-4-12-25-2)5-6-16(24)20-7-3-9-22-11-8-19-13-22/h5-6,8,11,13-14,16,18,20,24H,3-4,7,9-10,12H2,1-2H3. The molecule has 2 aromatic heterocycles. The summed E-state index contributed by atoms with van der Waals surface area (Å²) in [5.41, 5.74) is 0.805. The van der Waals surface area contributed by atoms with Crippen LogP contribution in [0.2, 0.25) is 0 Å². The van der Waals surface area contributed by atoms with Crippen LogP contribution in [0, 0.1) is 0 Å². The van der Waals surface area contributed by atoms with Gasteiger partial charge in [-0.15, -0.1) is 0 Å². The molecule has 8 nitrogen and oxygen atoms in total. The molecule has 1 unspecified atom stereocenters. The number of nitrogens with one attached hydrogen (secondary N) is 2. The number of aromatic nitrogens is 4. The Labute approximate surface area is 148 Å². The number of hydrogen-bond donors (Lipinski definition) is 3. The first-order chi connectivity index (χ1) is 12.2. The van der Waals surface area contributed by atoms with Crippen molar-refractivity contribution >= 4 is 11.9 Å². The van der Waals surface area contributed by atoms with Gasteiger partial charge >= 0.3 is 0 Å². The van der Waals surface area contributed by atoms with Crippen LogP contribution in [0.4, 0.5) is 5.82 Å². The monoisotopic (exact) mass is 348 g/mol. The quantitative estimate of drug-likeness (QED) is 0.394. The van der Waals surface area contributed by atoms with E-state index in [4.69, 9.17) is 4.74 Å². The maximum atomic E-state index is 10.0. The van der Waals surface area contributed by atoms with E-state index in [1.807, 2.05) is 28.5 Å². The fourth-order valence-electron chi connectivity index (χ4n) is 2.52. The second-order valence-corrected chi connectivity index (χ2v) is 5.68. The van der Waals surface area contributed by atoms with E-state index in [2.05, 4.69) is 20.6 Å². The molecule has 2 aromatic rings. The summed E-state index contributed by atoms with van der Waals surface area (Å²) in [6.45, 7) is 3.14. The molecule has 0 aliphatic carbocycles.